The van der Waals surface area contributed by atoms with E-state index in [4.69, 9.17) is 0 Å². The number of carbonyl (C=O) groups is 1. The molecule has 5 atom stereocenters. The standard InChI is InChI=1S/C21H26N8O3/c1-11-15(16(30)17(31)21(11,2)20(32)23-4)29-10-24-14-18(22-3)26-13(27-19(14)29)7-6-12-8-25-28(5)9-12/h8-11,15-17,30-31H,1-5H3,(H,23,32)(H,22,26,27)/t11-,15-,16+,17+,21+/m1/s1. The van der Waals surface area contributed by atoms with E-state index in [-0.39, 0.29) is 11.7 Å². The van der Waals surface area contributed by atoms with Gasteiger partial charge < -0.3 is 25.4 Å². The van der Waals surface area contributed by atoms with Crippen molar-refractivity contribution < 1.29 is 15.0 Å². The van der Waals surface area contributed by atoms with E-state index in [0.29, 0.717) is 17.0 Å². The van der Waals surface area contributed by atoms with Gasteiger partial charge in [-0.25, -0.2) is 15.0 Å². The summed E-state index contributed by atoms with van der Waals surface area (Å²) < 4.78 is 3.35. The monoisotopic (exact) mass is 438 g/mol. The highest BCUT2D eigenvalue weighted by Gasteiger charge is 2.59. The molecular formula is C21H26N8O3. The minimum Gasteiger partial charge on any atom is -0.389 e. The minimum atomic E-state index is -1.25. The number of aliphatic hydroxyl groups excluding tert-OH is 2. The summed E-state index contributed by atoms with van der Waals surface area (Å²) in [5.41, 5.74) is 0.489. The van der Waals surface area contributed by atoms with Crippen molar-refractivity contribution in [3.8, 4) is 11.8 Å². The lowest BCUT2D eigenvalue weighted by Gasteiger charge is -2.31. The number of aromatic nitrogens is 6. The van der Waals surface area contributed by atoms with E-state index in [2.05, 4.69) is 42.5 Å². The van der Waals surface area contributed by atoms with Crippen molar-refractivity contribution in [1.29, 1.82) is 0 Å². The van der Waals surface area contributed by atoms with Crippen molar-refractivity contribution in [3.63, 3.8) is 0 Å². The summed E-state index contributed by atoms with van der Waals surface area (Å²) in [6.07, 6.45) is 2.53. The van der Waals surface area contributed by atoms with Crippen LogP contribution in [0, 0.1) is 23.2 Å². The molecule has 168 valence electrons. The van der Waals surface area contributed by atoms with Gasteiger partial charge in [-0.15, -0.1) is 0 Å². The average Bonchev–Trinajstić information content (AvgIpc) is 3.45. The number of imidazole rings is 1. The molecule has 1 fully saturated rings. The van der Waals surface area contributed by atoms with Gasteiger partial charge in [-0.05, 0) is 18.8 Å². The molecule has 11 heteroatoms. The molecule has 0 aliphatic heterocycles. The predicted octanol–water partition coefficient (Wildman–Crippen LogP) is -0.334. The van der Waals surface area contributed by atoms with Crippen molar-refractivity contribution in [3.05, 3.63) is 30.1 Å². The molecule has 0 aromatic carbocycles. The highest BCUT2D eigenvalue weighted by Crippen LogP contribution is 2.50. The van der Waals surface area contributed by atoms with Crippen LogP contribution < -0.4 is 10.6 Å². The van der Waals surface area contributed by atoms with Gasteiger partial charge >= 0.3 is 0 Å². The van der Waals surface area contributed by atoms with Crippen molar-refractivity contribution in [2.24, 2.45) is 18.4 Å². The van der Waals surface area contributed by atoms with Gasteiger partial charge in [0.2, 0.25) is 11.7 Å². The quantitative estimate of drug-likeness (QED) is 0.407. The molecule has 32 heavy (non-hydrogen) atoms. The lowest BCUT2D eigenvalue weighted by Crippen LogP contribution is -2.47. The molecule has 1 aliphatic carbocycles. The van der Waals surface area contributed by atoms with Crippen LogP contribution in [0.5, 0.6) is 0 Å². The highest BCUT2D eigenvalue weighted by molar-refractivity contribution is 5.85. The van der Waals surface area contributed by atoms with Crippen LogP contribution in [0.3, 0.4) is 0 Å². The second kappa shape index (κ2) is 7.89. The largest absolute Gasteiger partial charge is 0.389 e. The number of hydrogen-bond acceptors (Lipinski definition) is 8. The number of carbonyl (C=O) groups excluding carboxylic acids is 1. The van der Waals surface area contributed by atoms with Gasteiger partial charge in [0.15, 0.2) is 17.0 Å². The first-order valence-corrected chi connectivity index (χ1v) is 10.2. The Bertz CT molecular complexity index is 1240. The van der Waals surface area contributed by atoms with Gasteiger partial charge in [0, 0.05) is 27.3 Å². The molecule has 1 aliphatic rings. The third-order valence-corrected chi connectivity index (χ3v) is 6.47. The Morgan fingerprint density at radius 1 is 1.25 bits per heavy atom. The average molecular weight is 438 g/mol. The summed E-state index contributed by atoms with van der Waals surface area (Å²) in [6.45, 7) is 3.48. The summed E-state index contributed by atoms with van der Waals surface area (Å²) >= 11 is 0. The molecule has 0 radical (unpaired) electrons. The third-order valence-electron chi connectivity index (χ3n) is 6.47. The van der Waals surface area contributed by atoms with E-state index in [1.807, 2.05) is 6.92 Å². The van der Waals surface area contributed by atoms with Gasteiger partial charge in [-0.1, -0.05) is 12.8 Å². The van der Waals surface area contributed by atoms with E-state index in [0.717, 1.165) is 5.56 Å². The molecule has 11 nitrogen and oxygen atoms in total. The van der Waals surface area contributed by atoms with E-state index in [9.17, 15) is 15.0 Å². The Hall–Kier alpha value is -3.49. The van der Waals surface area contributed by atoms with Gasteiger partial charge in [0.25, 0.3) is 0 Å². The number of amides is 1. The fourth-order valence-electron chi connectivity index (χ4n) is 4.46. The maximum absolute atomic E-state index is 12.6. The van der Waals surface area contributed by atoms with Crippen molar-refractivity contribution in [1.82, 2.24) is 34.6 Å². The number of anilines is 1. The topological polar surface area (TPSA) is 143 Å². The van der Waals surface area contributed by atoms with E-state index in [1.165, 1.54) is 7.05 Å². The Kier molecular flexibility index (Phi) is 5.36. The molecule has 3 heterocycles. The SMILES string of the molecule is CNC(=O)[C@@]1(C)[C@H](C)[C@@H](n2cnc3c(NC)nc(C#Cc4cnn(C)c4)nc32)[C@H](O)[C@@H]1O. The van der Waals surface area contributed by atoms with Crippen LogP contribution in [0.1, 0.15) is 31.3 Å². The molecular weight excluding hydrogens is 412 g/mol. The first-order valence-electron chi connectivity index (χ1n) is 10.2. The number of nitrogens with zero attached hydrogens (tertiary/aromatic N) is 6. The number of fused-ring (bicyclic) bond motifs is 1. The maximum atomic E-state index is 12.6. The van der Waals surface area contributed by atoms with Crippen molar-refractivity contribution in [2.75, 3.05) is 19.4 Å². The van der Waals surface area contributed by atoms with Crippen LogP contribution in [-0.4, -0.2) is 71.7 Å². The minimum absolute atomic E-state index is 0.266. The summed E-state index contributed by atoms with van der Waals surface area (Å²) in [6, 6.07) is -0.629. The molecule has 0 spiro atoms. The van der Waals surface area contributed by atoms with E-state index < -0.39 is 29.6 Å². The molecule has 4 N–H and O–H groups in total. The Morgan fingerprint density at radius 2 is 2.00 bits per heavy atom. The van der Waals surface area contributed by atoms with Crippen LogP contribution in [-0.2, 0) is 11.8 Å². The van der Waals surface area contributed by atoms with Crippen molar-refractivity contribution in [2.45, 2.75) is 32.1 Å². The van der Waals surface area contributed by atoms with Gasteiger partial charge in [0.1, 0.15) is 6.10 Å². The van der Waals surface area contributed by atoms with Gasteiger partial charge in [0.05, 0.1) is 35.6 Å². The third kappa shape index (κ3) is 3.19. The fraction of sp³-hybridized carbons (Fsp3) is 0.476. The second-order valence-electron chi connectivity index (χ2n) is 8.20. The normalized spacial score (nSPS) is 27.2. The molecule has 0 saturated heterocycles. The maximum Gasteiger partial charge on any atom is 0.228 e. The Balaban J connectivity index is 1.82. The van der Waals surface area contributed by atoms with Crippen LogP contribution in [0.4, 0.5) is 5.82 Å². The molecule has 0 unspecified atom stereocenters. The zero-order chi connectivity index (χ0) is 23.2. The number of aryl methyl sites for hydroxylation is 1. The molecule has 3 aromatic rings. The number of aliphatic hydroxyl groups is 2. The first kappa shape index (κ1) is 21.7. The van der Waals surface area contributed by atoms with Crippen LogP contribution in [0.15, 0.2) is 18.7 Å². The summed E-state index contributed by atoms with van der Waals surface area (Å²) in [5.74, 6) is 5.92. The zero-order valence-electron chi connectivity index (χ0n) is 18.5. The summed E-state index contributed by atoms with van der Waals surface area (Å²) in [5, 5.41) is 31.4. The summed E-state index contributed by atoms with van der Waals surface area (Å²) in [7, 11) is 5.04. The molecule has 0 bridgehead atoms. The zero-order valence-corrected chi connectivity index (χ0v) is 18.5. The molecule has 3 aromatic heterocycles. The molecule has 4 rings (SSSR count). The number of rotatable bonds is 3. The molecule has 1 saturated carbocycles. The van der Waals surface area contributed by atoms with Gasteiger partial charge in [-0.3, -0.25) is 9.48 Å². The van der Waals surface area contributed by atoms with Gasteiger partial charge in [-0.2, -0.15) is 5.10 Å². The lowest BCUT2D eigenvalue weighted by molar-refractivity contribution is -0.139. The predicted molar refractivity (Wildman–Crippen MR) is 116 cm³/mol. The van der Waals surface area contributed by atoms with Crippen LogP contribution in [0.2, 0.25) is 0 Å². The number of hydrogen-bond donors (Lipinski definition) is 4. The Morgan fingerprint density at radius 3 is 2.62 bits per heavy atom. The smallest absolute Gasteiger partial charge is 0.228 e. The first-order chi connectivity index (χ1) is 15.2. The summed E-state index contributed by atoms with van der Waals surface area (Å²) in [4.78, 5) is 26.0. The molecule has 1 amide bonds. The van der Waals surface area contributed by atoms with E-state index >= 15 is 0 Å². The van der Waals surface area contributed by atoms with Crippen LogP contribution >= 0.6 is 0 Å². The second-order valence-corrected chi connectivity index (χ2v) is 8.20. The highest BCUT2D eigenvalue weighted by atomic mass is 16.3. The van der Waals surface area contributed by atoms with E-state index in [1.54, 1.807) is 49.0 Å². The fourth-order valence-corrected chi connectivity index (χ4v) is 4.46. The number of nitrogens with one attached hydrogen (secondary N) is 2. The van der Waals surface area contributed by atoms with Crippen LogP contribution in [0.25, 0.3) is 11.2 Å². The Labute approximate surface area is 184 Å². The lowest BCUT2D eigenvalue weighted by atomic mass is 9.77. The van der Waals surface area contributed by atoms with Crippen molar-refractivity contribution >= 4 is 22.9 Å².